The Kier molecular flexibility index (Phi) is 5.54. The zero-order valence-corrected chi connectivity index (χ0v) is 15.7. The molecule has 1 aromatic carbocycles. The lowest BCUT2D eigenvalue weighted by Crippen LogP contribution is -2.53. The van der Waals surface area contributed by atoms with Gasteiger partial charge in [-0.2, -0.15) is 0 Å². The lowest BCUT2D eigenvalue weighted by atomic mass is 9.80. The van der Waals surface area contributed by atoms with Crippen molar-refractivity contribution >= 4 is 17.2 Å². The molecule has 0 radical (unpaired) electrons. The Morgan fingerprint density at radius 2 is 1.84 bits per heavy atom. The number of rotatable bonds is 5. The van der Waals surface area contributed by atoms with Crippen molar-refractivity contribution in [2.24, 2.45) is 0 Å². The second-order valence-electron chi connectivity index (χ2n) is 7.03. The number of nitrogens with zero attached hydrogens (tertiary/aromatic N) is 1. The molecule has 0 bridgehead atoms. The molecule has 0 unspecified atom stereocenters. The summed E-state index contributed by atoms with van der Waals surface area (Å²) in [4.78, 5) is 15.7. The summed E-state index contributed by atoms with van der Waals surface area (Å²) in [6.07, 6.45) is 5.95. The van der Waals surface area contributed by atoms with Gasteiger partial charge >= 0.3 is 0 Å². The number of nitrogens with one attached hydrogen (secondary N) is 1. The van der Waals surface area contributed by atoms with E-state index in [1.807, 2.05) is 11.4 Å². The fraction of sp³-hybridized carbons (Fsp3) is 0.450. The summed E-state index contributed by atoms with van der Waals surface area (Å²) in [6, 6.07) is 8.22. The summed E-state index contributed by atoms with van der Waals surface area (Å²) >= 11 is 1.43. The van der Waals surface area contributed by atoms with E-state index in [-0.39, 0.29) is 17.3 Å². The summed E-state index contributed by atoms with van der Waals surface area (Å²) in [7, 11) is 4.21. The highest BCUT2D eigenvalue weighted by Crippen LogP contribution is 2.32. The van der Waals surface area contributed by atoms with E-state index in [1.165, 1.54) is 42.7 Å². The predicted molar refractivity (Wildman–Crippen MR) is 102 cm³/mol. The van der Waals surface area contributed by atoms with E-state index in [2.05, 4.69) is 24.3 Å². The van der Waals surface area contributed by atoms with Crippen molar-refractivity contribution in [1.82, 2.24) is 10.2 Å². The van der Waals surface area contributed by atoms with Crippen molar-refractivity contribution in [3.8, 4) is 11.1 Å². The normalized spacial score (nSPS) is 16.8. The van der Waals surface area contributed by atoms with E-state index in [1.54, 1.807) is 12.1 Å². The number of amides is 1. The van der Waals surface area contributed by atoms with Crippen LogP contribution in [0, 0.1) is 5.82 Å². The Bertz CT molecular complexity index is 718. The summed E-state index contributed by atoms with van der Waals surface area (Å²) in [5, 5.41) is 5.07. The second-order valence-corrected chi connectivity index (χ2v) is 7.95. The third kappa shape index (κ3) is 3.93. The van der Waals surface area contributed by atoms with Gasteiger partial charge in [0, 0.05) is 17.6 Å². The summed E-state index contributed by atoms with van der Waals surface area (Å²) < 4.78 is 13.2. The van der Waals surface area contributed by atoms with Gasteiger partial charge in [0.25, 0.3) is 5.91 Å². The summed E-state index contributed by atoms with van der Waals surface area (Å²) in [6.45, 7) is 0.666. The lowest BCUT2D eigenvalue weighted by Gasteiger charge is -2.43. The van der Waals surface area contributed by atoms with Crippen LogP contribution in [-0.4, -0.2) is 37.0 Å². The number of benzene rings is 1. The van der Waals surface area contributed by atoms with Crippen LogP contribution in [0.4, 0.5) is 4.39 Å². The molecule has 0 atom stereocenters. The first-order valence-corrected chi connectivity index (χ1v) is 9.69. The predicted octanol–water partition coefficient (Wildman–Crippen LogP) is 4.55. The monoisotopic (exact) mass is 360 g/mol. The van der Waals surface area contributed by atoms with E-state index < -0.39 is 0 Å². The number of hydrogen-bond donors (Lipinski definition) is 1. The number of carbonyl (C=O) groups is 1. The highest BCUT2D eigenvalue weighted by Gasteiger charge is 2.34. The number of carbonyl (C=O) groups excluding carboxylic acids is 1. The molecular weight excluding hydrogens is 335 g/mol. The van der Waals surface area contributed by atoms with Crippen LogP contribution in [-0.2, 0) is 0 Å². The topological polar surface area (TPSA) is 32.3 Å². The highest BCUT2D eigenvalue weighted by molar-refractivity contribution is 7.12. The van der Waals surface area contributed by atoms with E-state index >= 15 is 0 Å². The average molecular weight is 360 g/mol. The van der Waals surface area contributed by atoms with E-state index in [9.17, 15) is 9.18 Å². The molecule has 1 N–H and O–H groups in total. The molecule has 2 aromatic rings. The zero-order chi connectivity index (χ0) is 17.9. The first kappa shape index (κ1) is 18.1. The molecular formula is C20H25FN2OS. The SMILES string of the molecule is CN(C)C1(CNC(=O)c2sccc2-c2ccc(F)cc2)CCCCC1. The minimum Gasteiger partial charge on any atom is -0.349 e. The maximum absolute atomic E-state index is 13.2. The largest absolute Gasteiger partial charge is 0.349 e. The van der Waals surface area contributed by atoms with Crippen molar-refractivity contribution in [1.29, 1.82) is 0 Å². The maximum atomic E-state index is 13.2. The van der Waals surface area contributed by atoms with Gasteiger partial charge in [-0.15, -0.1) is 11.3 Å². The quantitative estimate of drug-likeness (QED) is 0.848. The third-order valence-corrected chi connectivity index (χ3v) is 6.25. The minimum atomic E-state index is -0.268. The molecule has 1 aliphatic rings. The lowest BCUT2D eigenvalue weighted by molar-refractivity contribution is 0.0803. The third-order valence-electron chi connectivity index (χ3n) is 5.34. The van der Waals surface area contributed by atoms with Gasteiger partial charge in [0.05, 0.1) is 4.88 Å². The molecule has 0 saturated heterocycles. The Labute approximate surface area is 152 Å². The van der Waals surface area contributed by atoms with Gasteiger partial charge in [-0.1, -0.05) is 31.4 Å². The molecule has 134 valence electrons. The van der Waals surface area contributed by atoms with Crippen LogP contribution < -0.4 is 5.32 Å². The van der Waals surface area contributed by atoms with Gasteiger partial charge in [0.2, 0.25) is 0 Å². The number of hydrogen-bond acceptors (Lipinski definition) is 3. The maximum Gasteiger partial charge on any atom is 0.262 e. The van der Waals surface area contributed by atoms with Gasteiger partial charge in [-0.3, -0.25) is 4.79 Å². The smallest absolute Gasteiger partial charge is 0.262 e. The van der Waals surface area contributed by atoms with Crippen molar-refractivity contribution in [2.75, 3.05) is 20.6 Å². The molecule has 1 aliphatic carbocycles. The van der Waals surface area contributed by atoms with Crippen LogP contribution in [0.5, 0.6) is 0 Å². The van der Waals surface area contributed by atoms with Crippen LogP contribution in [0.3, 0.4) is 0 Å². The molecule has 0 aliphatic heterocycles. The first-order chi connectivity index (χ1) is 12.0. The van der Waals surface area contributed by atoms with Crippen LogP contribution in [0.25, 0.3) is 11.1 Å². The molecule has 3 rings (SSSR count). The van der Waals surface area contributed by atoms with Crippen LogP contribution in [0.1, 0.15) is 41.8 Å². The summed E-state index contributed by atoms with van der Waals surface area (Å²) in [5.74, 6) is -0.309. The van der Waals surface area contributed by atoms with E-state index in [0.29, 0.717) is 11.4 Å². The number of likely N-dealkylation sites (N-methyl/N-ethyl adjacent to an activating group) is 1. The van der Waals surface area contributed by atoms with Crippen LogP contribution in [0.15, 0.2) is 35.7 Å². The highest BCUT2D eigenvalue weighted by atomic mass is 32.1. The van der Waals surface area contributed by atoms with E-state index in [4.69, 9.17) is 0 Å². The standard InChI is InChI=1S/C20H25FN2OS/c1-23(2)20(11-4-3-5-12-20)14-22-19(24)18-17(10-13-25-18)15-6-8-16(21)9-7-15/h6-10,13H,3-5,11-12,14H2,1-2H3,(H,22,24). The molecule has 1 fully saturated rings. The molecule has 1 aromatic heterocycles. The Morgan fingerprint density at radius 3 is 2.48 bits per heavy atom. The molecule has 1 amide bonds. The molecule has 25 heavy (non-hydrogen) atoms. The number of thiophene rings is 1. The summed E-state index contributed by atoms with van der Waals surface area (Å²) in [5.41, 5.74) is 1.79. The molecule has 5 heteroatoms. The van der Waals surface area contributed by atoms with Crippen molar-refractivity contribution < 1.29 is 9.18 Å². The fourth-order valence-electron chi connectivity index (χ4n) is 3.66. The molecule has 1 saturated carbocycles. The van der Waals surface area contributed by atoms with Crippen LogP contribution >= 0.6 is 11.3 Å². The minimum absolute atomic E-state index is 0.0406. The average Bonchev–Trinajstić information content (AvgIpc) is 3.11. The molecule has 0 spiro atoms. The number of halogens is 1. The second kappa shape index (κ2) is 7.67. The van der Waals surface area contributed by atoms with Gasteiger partial charge < -0.3 is 10.2 Å². The van der Waals surface area contributed by atoms with E-state index in [0.717, 1.165) is 24.0 Å². The molecule has 1 heterocycles. The van der Waals surface area contributed by atoms with Crippen molar-refractivity contribution in [3.63, 3.8) is 0 Å². The molecule has 3 nitrogen and oxygen atoms in total. The van der Waals surface area contributed by atoms with Crippen LogP contribution in [0.2, 0.25) is 0 Å². The van der Waals surface area contributed by atoms with Gasteiger partial charge in [0.15, 0.2) is 0 Å². The van der Waals surface area contributed by atoms with Gasteiger partial charge in [0.1, 0.15) is 5.82 Å². The van der Waals surface area contributed by atoms with Crippen molar-refractivity contribution in [2.45, 2.75) is 37.6 Å². The van der Waals surface area contributed by atoms with Gasteiger partial charge in [-0.25, -0.2) is 4.39 Å². The zero-order valence-electron chi connectivity index (χ0n) is 14.8. The first-order valence-electron chi connectivity index (χ1n) is 8.81. The fourth-order valence-corrected chi connectivity index (χ4v) is 4.49. The Morgan fingerprint density at radius 1 is 1.16 bits per heavy atom. The Hall–Kier alpha value is -1.72. The van der Waals surface area contributed by atoms with Gasteiger partial charge in [-0.05, 0) is 56.1 Å². The van der Waals surface area contributed by atoms with Crippen molar-refractivity contribution in [3.05, 3.63) is 46.4 Å². The Balaban J connectivity index is 1.74.